The van der Waals surface area contributed by atoms with Crippen LogP contribution < -0.4 is 5.73 Å². The summed E-state index contributed by atoms with van der Waals surface area (Å²) in [6, 6.07) is 0. The van der Waals surface area contributed by atoms with Crippen LogP contribution in [0.5, 0.6) is 0 Å². The van der Waals surface area contributed by atoms with Gasteiger partial charge in [0.2, 0.25) is 5.95 Å². The summed E-state index contributed by atoms with van der Waals surface area (Å²) in [6.07, 6.45) is 1.62. The van der Waals surface area contributed by atoms with Gasteiger partial charge in [-0.15, -0.1) is 0 Å². The predicted octanol–water partition coefficient (Wildman–Crippen LogP) is 0.244. The zero-order valence-corrected chi connectivity index (χ0v) is 6.00. The van der Waals surface area contributed by atoms with Crippen molar-refractivity contribution in [1.82, 2.24) is 19.9 Å². The van der Waals surface area contributed by atoms with E-state index in [1.807, 2.05) is 6.92 Å². The van der Waals surface area contributed by atoms with Crippen molar-refractivity contribution in [3.63, 3.8) is 0 Å². The Balaban J connectivity index is 2.82. The molecule has 0 aliphatic heterocycles. The number of nitrogens with one attached hydrogen (secondary N) is 1. The van der Waals surface area contributed by atoms with Crippen molar-refractivity contribution < 1.29 is 0 Å². The molecular weight excluding hydrogens is 142 g/mol. The molecule has 0 unspecified atom stereocenters. The van der Waals surface area contributed by atoms with Crippen molar-refractivity contribution >= 4 is 17.1 Å². The van der Waals surface area contributed by atoms with Crippen molar-refractivity contribution in [1.29, 1.82) is 0 Å². The van der Waals surface area contributed by atoms with Gasteiger partial charge in [0, 0.05) is 0 Å². The van der Waals surface area contributed by atoms with Crippen LogP contribution in [0.25, 0.3) is 11.2 Å². The summed E-state index contributed by atoms with van der Waals surface area (Å²) in [4.78, 5) is 14.8. The predicted molar refractivity (Wildman–Crippen MR) is 40.8 cm³/mol. The monoisotopic (exact) mass is 149 g/mol. The number of rotatable bonds is 0. The van der Waals surface area contributed by atoms with Gasteiger partial charge in [-0.3, -0.25) is 0 Å². The Morgan fingerprint density at radius 3 is 3.09 bits per heavy atom. The number of H-pyrrole nitrogens is 1. The first-order chi connectivity index (χ1) is 5.25. The quantitative estimate of drug-likeness (QED) is 0.562. The van der Waals surface area contributed by atoms with Crippen LogP contribution in [0.15, 0.2) is 6.20 Å². The Morgan fingerprint density at radius 2 is 2.27 bits per heavy atom. The highest BCUT2D eigenvalue weighted by atomic mass is 15.1. The Bertz CT molecular complexity index is 391. The smallest absolute Gasteiger partial charge is 0.222 e. The van der Waals surface area contributed by atoms with Gasteiger partial charge in [-0.05, 0) is 6.92 Å². The second-order valence-corrected chi connectivity index (χ2v) is 2.29. The van der Waals surface area contributed by atoms with Crippen molar-refractivity contribution in [2.75, 3.05) is 5.73 Å². The van der Waals surface area contributed by atoms with Crippen molar-refractivity contribution in [3.05, 3.63) is 12.0 Å². The molecule has 0 aliphatic carbocycles. The van der Waals surface area contributed by atoms with Crippen LogP contribution in [-0.2, 0) is 0 Å². The lowest BCUT2D eigenvalue weighted by Gasteiger charge is -1.87. The summed E-state index contributed by atoms with van der Waals surface area (Å²) in [5.41, 5.74) is 6.79. The Labute approximate surface area is 62.7 Å². The molecule has 0 fully saturated rings. The van der Waals surface area contributed by atoms with Gasteiger partial charge in [0.05, 0.1) is 6.20 Å². The number of anilines is 1. The molecule has 0 spiro atoms. The number of hydrogen-bond acceptors (Lipinski definition) is 4. The van der Waals surface area contributed by atoms with E-state index < -0.39 is 0 Å². The second-order valence-electron chi connectivity index (χ2n) is 2.29. The molecule has 0 aromatic carbocycles. The first-order valence-electron chi connectivity index (χ1n) is 3.20. The molecule has 2 heterocycles. The summed E-state index contributed by atoms with van der Waals surface area (Å²) in [5.74, 6) is 1.07. The van der Waals surface area contributed by atoms with E-state index >= 15 is 0 Å². The number of aromatic nitrogens is 4. The maximum atomic E-state index is 5.36. The summed E-state index contributed by atoms with van der Waals surface area (Å²) in [5, 5.41) is 0. The molecule has 2 rings (SSSR count). The molecule has 0 bridgehead atoms. The number of nitrogens with two attached hydrogens (primary N) is 1. The minimum absolute atomic E-state index is 0.254. The minimum atomic E-state index is 0.254. The molecule has 0 radical (unpaired) electrons. The molecule has 5 heteroatoms. The number of aryl methyl sites for hydroxylation is 1. The molecule has 11 heavy (non-hydrogen) atoms. The summed E-state index contributed by atoms with van der Waals surface area (Å²) in [7, 11) is 0. The van der Waals surface area contributed by atoms with Crippen LogP contribution in [0.4, 0.5) is 5.95 Å². The highest BCUT2D eigenvalue weighted by Gasteiger charge is 1.99. The molecule has 0 saturated heterocycles. The van der Waals surface area contributed by atoms with E-state index in [9.17, 15) is 0 Å². The minimum Gasteiger partial charge on any atom is -0.368 e. The lowest BCUT2D eigenvalue weighted by Crippen LogP contribution is -1.93. The molecule has 2 aromatic rings. The van der Waals surface area contributed by atoms with Crippen molar-refractivity contribution in [2.45, 2.75) is 6.92 Å². The van der Waals surface area contributed by atoms with Gasteiger partial charge in [-0.2, -0.15) is 4.98 Å². The second kappa shape index (κ2) is 1.91. The van der Waals surface area contributed by atoms with Crippen LogP contribution in [0, 0.1) is 6.92 Å². The fourth-order valence-corrected chi connectivity index (χ4v) is 0.941. The number of aromatic amines is 1. The van der Waals surface area contributed by atoms with E-state index in [4.69, 9.17) is 5.73 Å². The van der Waals surface area contributed by atoms with Crippen molar-refractivity contribution in [3.8, 4) is 0 Å². The standard InChI is InChI=1S/C6H7N5/c1-3-9-4-2-8-6(7)11-5(4)10-3/h2H,1H3,(H3,7,8,9,10,11). The maximum Gasteiger partial charge on any atom is 0.222 e. The molecule has 3 N–H and O–H groups in total. The third kappa shape index (κ3) is 0.899. The first kappa shape index (κ1) is 6.09. The molecule has 0 saturated carbocycles. The number of nitrogen functional groups attached to an aromatic ring is 1. The van der Waals surface area contributed by atoms with Gasteiger partial charge in [0.15, 0.2) is 5.65 Å². The Kier molecular flexibility index (Phi) is 1.06. The zero-order chi connectivity index (χ0) is 7.84. The van der Waals surface area contributed by atoms with Crippen LogP contribution in [0.2, 0.25) is 0 Å². The Hall–Kier alpha value is -1.65. The normalized spacial score (nSPS) is 10.6. The topological polar surface area (TPSA) is 80.5 Å². The SMILES string of the molecule is Cc1nc2nc(N)ncc2[nH]1. The van der Waals surface area contributed by atoms with Gasteiger partial charge in [0.25, 0.3) is 0 Å². The van der Waals surface area contributed by atoms with E-state index in [0.717, 1.165) is 11.3 Å². The molecule has 0 amide bonds. The van der Waals surface area contributed by atoms with E-state index in [-0.39, 0.29) is 5.95 Å². The molecule has 0 atom stereocenters. The van der Waals surface area contributed by atoms with Crippen LogP contribution >= 0.6 is 0 Å². The number of hydrogen-bond donors (Lipinski definition) is 2. The van der Waals surface area contributed by atoms with E-state index in [2.05, 4.69) is 19.9 Å². The average Bonchev–Trinajstić information content (AvgIpc) is 2.27. The zero-order valence-electron chi connectivity index (χ0n) is 6.00. The molecular formula is C6H7N5. The molecule has 5 nitrogen and oxygen atoms in total. The molecule has 2 aromatic heterocycles. The summed E-state index contributed by atoms with van der Waals surface area (Å²) in [6.45, 7) is 1.86. The third-order valence-electron chi connectivity index (χ3n) is 1.38. The average molecular weight is 149 g/mol. The van der Waals surface area contributed by atoms with Gasteiger partial charge >= 0.3 is 0 Å². The van der Waals surface area contributed by atoms with Crippen LogP contribution in [0.3, 0.4) is 0 Å². The first-order valence-corrected chi connectivity index (χ1v) is 3.20. The number of imidazole rings is 1. The van der Waals surface area contributed by atoms with Gasteiger partial charge in [0.1, 0.15) is 11.3 Å². The van der Waals surface area contributed by atoms with E-state index in [0.29, 0.717) is 5.65 Å². The summed E-state index contributed by atoms with van der Waals surface area (Å²) >= 11 is 0. The third-order valence-corrected chi connectivity index (χ3v) is 1.38. The van der Waals surface area contributed by atoms with Crippen molar-refractivity contribution in [2.24, 2.45) is 0 Å². The molecule has 0 aliphatic rings. The van der Waals surface area contributed by atoms with Gasteiger partial charge < -0.3 is 10.7 Å². The molecule has 56 valence electrons. The fraction of sp³-hybridized carbons (Fsp3) is 0.167. The van der Waals surface area contributed by atoms with E-state index in [1.165, 1.54) is 0 Å². The highest BCUT2D eigenvalue weighted by Crippen LogP contribution is 2.06. The van der Waals surface area contributed by atoms with E-state index in [1.54, 1.807) is 6.20 Å². The number of fused-ring (bicyclic) bond motifs is 1. The Morgan fingerprint density at radius 1 is 1.45 bits per heavy atom. The number of nitrogens with zero attached hydrogens (tertiary/aromatic N) is 3. The maximum absolute atomic E-state index is 5.36. The van der Waals surface area contributed by atoms with Crippen LogP contribution in [-0.4, -0.2) is 19.9 Å². The lowest BCUT2D eigenvalue weighted by molar-refractivity contribution is 1.16. The van der Waals surface area contributed by atoms with Gasteiger partial charge in [-0.1, -0.05) is 0 Å². The fourth-order valence-electron chi connectivity index (χ4n) is 0.941. The summed E-state index contributed by atoms with van der Waals surface area (Å²) < 4.78 is 0. The highest BCUT2D eigenvalue weighted by molar-refractivity contribution is 5.70. The largest absolute Gasteiger partial charge is 0.368 e. The van der Waals surface area contributed by atoms with Gasteiger partial charge in [-0.25, -0.2) is 9.97 Å². The lowest BCUT2D eigenvalue weighted by atomic mass is 10.6. The van der Waals surface area contributed by atoms with Crippen LogP contribution in [0.1, 0.15) is 5.82 Å².